The summed E-state index contributed by atoms with van der Waals surface area (Å²) in [6.07, 6.45) is 5.00. The van der Waals surface area contributed by atoms with E-state index in [9.17, 15) is 0 Å². The third-order valence-corrected chi connectivity index (χ3v) is 3.55. The number of rotatable bonds is 3. The van der Waals surface area contributed by atoms with E-state index in [2.05, 4.69) is 9.97 Å². The minimum atomic E-state index is 0.461. The number of aromatic nitrogens is 2. The van der Waals surface area contributed by atoms with Gasteiger partial charge in [-0.15, -0.1) is 0 Å². The van der Waals surface area contributed by atoms with Gasteiger partial charge in [-0.25, -0.2) is 4.98 Å². The molecule has 0 atom stereocenters. The van der Waals surface area contributed by atoms with Crippen molar-refractivity contribution >= 4 is 23.4 Å². The van der Waals surface area contributed by atoms with E-state index in [4.69, 9.17) is 17.3 Å². The minimum Gasteiger partial charge on any atom is -0.326 e. The van der Waals surface area contributed by atoms with Crippen LogP contribution < -0.4 is 5.73 Å². The van der Waals surface area contributed by atoms with Gasteiger partial charge in [0, 0.05) is 23.8 Å². The van der Waals surface area contributed by atoms with Crippen LogP contribution in [-0.2, 0) is 6.54 Å². The van der Waals surface area contributed by atoms with Gasteiger partial charge in [0.1, 0.15) is 5.03 Å². The van der Waals surface area contributed by atoms with E-state index in [-0.39, 0.29) is 0 Å². The van der Waals surface area contributed by atoms with E-state index < -0.39 is 0 Å². The standard InChI is InChI=1S/C11H10ClN3S/c12-9-3-1-2-8(6-13)11(9)16-10-7-14-4-5-15-10/h1-5,7H,6,13H2. The summed E-state index contributed by atoms with van der Waals surface area (Å²) in [6, 6.07) is 5.70. The highest BCUT2D eigenvalue weighted by molar-refractivity contribution is 7.99. The highest BCUT2D eigenvalue weighted by atomic mass is 35.5. The third-order valence-electron chi connectivity index (χ3n) is 2.01. The molecule has 2 N–H and O–H groups in total. The average molecular weight is 252 g/mol. The number of nitrogens with two attached hydrogens (primary N) is 1. The highest BCUT2D eigenvalue weighted by Crippen LogP contribution is 2.34. The van der Waals surface area contributed by atoms with E-state index in [1.807, 2.05) is 18.2 Å². The number of halogens is 1. The molecule has 0 bridgehead atoms. The molecule has 0 radical (unpaired) electrons. The molecule has 16 heavy (non-hydrogen) atoms. The Morgan fingerprint density at radius 1 is 1.31 bits per heavy atom. The molecule has 0 aliphatic rings. The molecule has 0 spiro atoms. The summed E-state index contributed by atoms with van der Waals surface area (Å²) in [5.41, 5.74) is 6.68. The molecule has 3 nitrogen and oxygen atoms in total. The highest BCUT2D eigenvalue weighted by Gasteiger charge is 2.08. The molecule has 0 saturated carbocycles. The SMILES string of the molecule is NCc1cccc(Cl)c1Sc1cnccn1. The maximum Gasteiger partial charge on any atom is 0.119 e. The predicted octanol–water partition coefficient (Wildman–Crippen LogP) is 2.74. The molecule has 2 rings (SSSR count). The molecule has 82 valence electrons. The van der Waals surface area contributed by atoms with Gasteiger partial charge < -0.3 is 5.73 Å². The summed E-state index contributed by atoms with van der Waals surface area (Å²) < 4.78 is 0. The molecule has 5 heteroatoms. The van der Waals surface area contributed by atoms with Gasteiger partial charge in [0.25, 0.3) is 0 Å². The Kier molecular flexibility index (Phi) is 3.77. The maximum atomic E-state index is 6.13. The van der Waals surface area contributed by atoms with E-state index in [1.54, 1.807) is 18.6 Å². The topological polar surface area (TPSA) is 51.8 Å². The Morgan fingerprint density at radius 3 is 2.88 bits per heavy atom. The quantitative estimate of drug-likeness (QED) is 0.911. The van der Waals surface area contributed by atoms with Crippen molar-refractivity contribution in [3.8, 4) is 0 Å². The van der Waals surface area contributed by atoms with Crippen LogP contribution in [0.3, 0.4) is 0 Å². The van der Waals surface area contributed by atoms with Gasteiger partial charge in [-0.1, -0.05) is 35.5 Å². The zero-order chi connectivity index (χ0) is 11.4. The summed E-state index contributed by atoms with van der Waals surface area (Å²) in [6.45, 7) is 0.461. The van der Waals surface area contributed by atoms with Crippen LogP contribution in [0.4, 0.5) is 0 Å². The normalized spacial score (nSPS) is 10.4. The zero-order valence-corrected chi connectivity index (χ0v) is 10.0. The first kappa shape index (κ1) is 11.4. The van der Waals surface area contributed by atoms with Gasteiger partial charge in [0.2, 0.25) is 0 Å². The van der Waals surface area contributed by atoms with Gasteiger partial charge in [0.15, 0.2) is 0 Å². The van der Waals surface area contributed by atoms with Crippen molar-refractivity contribution in [2.45, 2.75) is 16.5 Å². The summed E-state index contributed by atoms with van der Waals surface area (Å²) in [5, 5.41) is 1.50. The van der Waals surface area contributed by atoms with Gasteiger partial charge in [-0.3, -0.25) is 4.98 Å². The first-order valence-corrected chi connectivity index (χ1v) is 5.92. The van der Waals surface area contributed by atoms with Crippen LogP contribution in [0.2, 0.25) is 5.02 Å². The van der Waals surface area contributed by atoms with E-state index in [0.29, 0.717) is 11.6 Å². The lowest BCUT2D eigenvalue weighted by molar-refractivity contribution is 1.02. The van der Waals surface area contributed by atoms with Gasteiger partial charge in [0.05, 0.1) is 11.2 Å². The minimum absolute atomic E-state index is 0.461. The predicted molar refractivity (Wildman–Crippen MR) is 65.5 cm³/mol. The van der Waals surface area contributed by atoms with Crippen LogP contribution in [0.15, 0.2) is 46.7 Å². The zero-order valence-electron chi connectivity index (χ0n) is 8.43. The van der Waals surface area contributed by atoms with Gasteiger partial charge in [-0.05, 0) is 11.6 Å². The second-order valence-corrected chi connectivity index (χ2v) is 4.52. The molecule has 1 aromatic carbocycles. The maximum absolute atomic E-state index is 6.13. The van der Waals surface area contributed by atoms with Crippen molar-refractivity contribution in [1.82, 2.24) is 9.97 Å². The second kappa shape index (κ2) is 5.30. The molecular formula is C11H10ClN3S. The van der Waals surface area contributed by atoms with Crippen molar-refractivity contribution < 1.29 is 0 Å². The van der Waals surface area contributed by atoms with Gasteiger partial charge >= 0.3 is 0 Å². The van der Waals surface area contributed by atoms with E-state index in [0.717, 1.165) is 15.5 Å². The summed E-state index contributed by atoms with van der Waals surface area (Å²) >= 11 is 7.61. The Morgan fingerprint density at radius 2 is 2.19 bits per heavy atom. The fraction of sp³-hybridized carbons (Fsp3) is 0.0909. The van der Waals surface area contributed by atoms with Crippen molar-refractivity contribution in [3.05, 3.63) is 47.4 Å². The molecule has 0 saturated heterocycles. The molecule has 1 heterocycles. The van der Waals surface area contributed by atoms with Crippen LogP contribution in [0.25, 0.3) is 0 Å². The summed E-state index contributed by atoms with van der Waals surface area (Å²) in [7, 11) is 0. The first-order chi connectivity index (χ1) is 7.81. The van der Waals surface area contributed by atoms with Crippen LogP contribution >= 0.6 is 23.4 Å². The number of hydrogen-bond donors (Lipinski definition) is 1. The summed E-state index contributed by atoms with van der Waals surface area (Å²) in [4.78, 5) is 9.15. The lowest BCUT2D eigenvalue weighted by atomic mass is 10.2. The Balaban J connectivity index is 2.34. The van der Waals surface area contributed by atoms with Crippen molar-refractivity contribution in [3.63, 3.8) is 0 Å². The van der Waals surface area contributed by atoms with Crippen molar-refractivity contribution in [1.29, 1.82) is 0 Å². The number of hydrogen-bond acceptors (Lipinski definition) is 4. The molecule has 0 unspecified atom stereocenters. The molecule has 1 aromatic heterocycles. The molecule has 0 aliphatic heterocycles. The third kappa shape index (κ3) is 2.52. The molecular weight excluding hydrogens is 242 g/mol. The molecule has 0 aliphatic carbocycles. The van der Waals surface area contributed by atoms with Gasteiger partial charge in [-0.2, -0.15) is 0 Å². The lowest BCUT2D eigenvalue weighted by Crippen LogP contribution is -1.98. The molecule has 0 amide bonds. The smallest absolute Gasteiger partial charge is 0.119 e. The Labute approximate surface area is 103 Å². The number of nitrogens with zero attached hydrogens (tertiary/aromatic N) is 2. The van der Waals surface area contributed by atoms with Crippen LogP contribution in [0.1, 0.15) is 5.56 Å². The molecule has 0 fully saturated rings. The summed E-state index contributed by atoms with van der Waals surface area (Å²) in [5.74, 6) is 0. The number of benzene rings is 1. The second-order valence-electron chi connectivity index (χ2n) is 3.08. The first-order valence-electron chi connectivity index (χ1n) is 4.72. The Hall–Kier alpha value is -1.10. The largest absolute Gasteiger partial charge is 0.326 e. The van der Waals surface area contributed by atoms with Crippen molar-refractivity contribution in [2.75, 3.05) is 0 Å². The Bertz CT molecular complexity index is 476. The van der Waals surface area contributed by atoms with Crippen LogP contribution in [-0.4, -0.2) is 9.97 Å². The fourth-order valence-corrected chi connectivity index (χ4v) is 2.47. The van der Waals surface area contributed by atoms with E-state index in [1.165, 1.54) is 11.8 Å². The molecule has 2 aromatic rings. The average Bonchev–Trinajstić information content (AvgIpc) is 2.33. The van der Waals surface area contributed by atoms with E-state index >= 15 is 0 Å². The van der Waals surface area contributed by atoms with Crippen LogP contribution in [0.5, 0.6) is 0 Å². The fourth-order valence-electron chi connectivity index (χ4n) is 1.27. The lowest BCUT2D eigenvalue weighted by Gasteiger charge is -2.08. The monoisotopic (exact) mass is 251 g/mol. The van der Waals surface area contributed by atoms with Crippen molar-refractivity contribution in [2.24, 2.45) is 5.73 Å². The van der Waals surface area contributed by atoms with Crippen LogP contribution in [0, 0.1) is 0 Å².